The van der Waals surface area contributed by atoms with Crippen molar-refractivity contribution in [3.63, 3.8) is 0 Å². The van der Waals surface area contributed by atoms with E-state index in [4.69, 9.17) is 5.11 Å². The Hall–Kier alpha value is -1.65. The lowest BCUT2D eigenvalue weighted by atomic mass is 10.2. The Bertz CT molecular complexity index is 692. The second-order valence-electron chi connectivity index (χ2n) is 4.41. The zero-order valence-corrected chi connectivity index (χ0v) is 12.7. The SMILES string of the molecule is COC(=O)c1cc(S(=O)(=O)N(C)[C@H](C)CO)c(F)c(F)c1F. The molecule has 1 N–H and O–H groups in total. The monoisotopic (exact) mass is 341 g/mol. The molecule has 0 radical (unpaired) electrons. The quantitative estimate of drug-likeness (QED) is 0.635. The molecule has 1 atom stereocenters. The van der Waals surface area contributed by atoms with E-state index in [1.54, 1.807) is 0 Å². The maximum absolute atomic E-state index is 13.8. The number of rotatable bonds is 5. The van der Waals surface area contributed by atoms with Gasteiger partial charge in [0.25, 0.3) is 0 Å². The van der Waals surface area contributed by atoms with Crippen molar-refractivity contribution in [1.82, 2.24) is 4.31 Å². The molecule has 0 fully saturated rings. The Morgan fingerprint density at radius 1 is 1.32 bits per heavy atom. The van der Waals surface area contributed by atoms with Crippen molar-refractivity contribution in [3.8, 4) is 0 Å². The van der Waals surface area contributed by atoms with Gasteiger partial charge in [0, 0.05) is 13.1 Å². The summed E-state index contributed by atoms with van der Waals surface area (Å²) in [6.07, 6.45) is 0. The molecule has 0 saturated heterocycles. The van der Waals surface area contributed by atoms with Gasteiger partial charge in [0.1, 0.15) is 4.90 Å². The van der Waals surface area contributed by atoms with Gasteiger partial charge in [-0.1, -0.05) is 0 Å². The van der Waals surface area contributed by atoms with E-state index in [0.29, 0.717) is 10.4 Å². The van der Waals surface area contributed by atoms with Gasteiger partial charge in [-0.15, -0.1) is 0 Å². The van der Waals surface area contributed by atoms with Gasteiger partial charge < -0.3 is 9.84 Å². The number of carbonyl (C=O) groups is 1. The van der Waals surface area contributed by atoms with Crippen LogP contribution in [-0.2, 0) is 14.8 Å². The summed E-state index contributed by atoms with van der Waals surface area (Å²) in [7, 11) is -2.71. The lowest BCUT2D eigenvalue weighted by Gasteiger charge is -2.23. The van der Waals surface area contributed by atoms with Crippen molar-refractivity contribution in [1.29, 1.82) is 0 Å². The van der Waals surface area contributed by atoms with Crippen molar-refractivity contribution in [2.75, 3.05) is 20.8 Å². The second kappa shape index (κ2) is 6.63. The highest BCUT2D eigenvalue weighted by Gasteiger charge is 2.33. The third-order valence-corrected chi connectivity index (χ3v) is 5.03. The molecule has 10 heteroatoms. The molecule has 0 amide bonds. The molecule has 0 aliphatic carbocycles. The van der Waals surface area contributed by atoms with E-state index < -0.39 is 56.6 Å². The summed E-state index contributed by atoms with van der Waals surface area (Å²) in [4.78, 5) is 10.1. The number of hydrogen-bond acceptors (Lipinski definition) is 5. The number of aliphatic hydroxyl groups is 1. The summed E-state index contributed by atoms with van der Waals surface area (Å²) in [5, 5.41) is 8.96. The van der Waals surface area contributed by atoms with E-state index in [9.17, 15) is 26.4 Å². The van der Waals surface area contributed by atoms with Gasteiger partial charge >= 0.3 is 5.97 Å². The molecule has 6 nitrogen and oxygen atoms in total. The van der Waals surface area contributed by atoms with Gasteiger partial charge in [0.2, 0.25) is 10.0 Å². The Kier molecular flexibility index (Phi) is 5.54. The lowest BCUT2D eigenvalue weighted by Crippen LogP contribution is -2.38. The largest absolute Gasteiger partial charge is 0.465 e. The van der Waals surface area contributed by atoms with E-state index in [0.717, 1.165) is 14.2 Å². The molecular formula is C12H14F3NO5S. The molecule has 0 aromatic heterocycles. The van der Waals surface area contributed by atoms with Crippen molar-refractivity contribution in [2.24, 2.45) is 0 Å². The number of benzene rings is 1. The fourth-order valence-corrected chi connectivity index (χ4v) is 2.97. The summed E-state index contributed by atoms with van der Waals surface area (Å²) in [5.74, 6) is -7.26. The number of methoxy groups -OCH3 is 1. The molecule has 0 bridgehead atoms. The van der Waals surface area contributed by atoms with Crippen LogP contribution < -0.4 is 0 Å². The minimum absolute atomic E-state index is 0.357. The van der Waals surface area contributed by atoms with Crippen LogP contribution in [0, 0.1) is 17.5 Å². The number of sulfonamides is 1. The van der Waals surface area contributed by atoms with Crippen LogP contribution in [0.2, 0.25) is 0 Å². The van der Waals surface area contributed by atoms with Crippen LogP contribution in [0.1, 0.15) is 17.3 Å². The topological polar surface area (TPSA) is 83.9 Å². The van der Waals surface area contributed by atoms with Gasteiger partial charge in [-0.05, 0) is 13.0 Å². The number of likely N-dealkylation sites (N-methyl/N-ethyl adjacent to an activating group) is 1. The number of halogens is 3. The van der Waals surface area contributed by atoms with Crippen LogP contribution in [-0.4, -0.2) is 50.6 Å². The maximum Gasteiger partial charge on any atom is 0.341 e. The zero-order chi connectivity index (χ0) is 17.2. The Balaban J connectivity index is 3.61. The van der Waals surface area contributed by atoms with E-state index in [1.165, 1.54) is 6.92 Å². The van der Waals surface area contributed by atoms with Crippen LogP contribution >= 0.6 is 0 Å². The third-order valence-electron chi connectivity index (χ3n) is 3.06. The first-order chi connectivity index (χ1) is 10.1. The average Bonchev–Trinajstić information content (AvgIpc) is 2.50. The first kappa shape index (κ1) is 18.4. The number of esters is 1. The van der Waals surface area contributed by atoms with E-state index in [-0.39, 0.29) is 0 Å². The normalized spacial score (nSPS) is 13.3. The van der Waals surface area contributed by atoms with E-state index in [2.05, 4.69) is 4.74 Å². The predicted octanol–water partition coefficient (Wildman–Crippen LogP) is 0.892. The van der Waals surface area contributed by atoms with Crippen LogP contribution in [0.25, 0.3) is 0 Å². The first-order valence-electron chi connectivity index (χ1n) is 5.94. The van der Waals surface area contributed by atoms with Crippen molar-refractivity contribution >= 4 is 16.0 Å². The van der Waals surface area contributed by atoms with Crippen molar-refractivity contribution < 1.29 is 36.2 Å². The van der Waals surface area contributed by atoms with Gasteiger partial charge in [0.15, 0.2) is 17.5 Å². The van der Waals surface area contributed by atoms with Crippen LogP contribution in [0.15, 0.2) is 11.0 Å². The Morgan fingerprint density at radius 2 is 1.86 bits per heavy atom. The van der Waals surface area contributed by atoms with E-state index >= 15 is 0 Å². The van der Waals surface area contributed by atoms with Gasteiger partial charge in [0.05, 0.1) is 19.3 Å². The molecule has 22 heavy (non-hydrogen) atoms. The van der Waals surface area contributed by atoms with Crippen LogP contribution in [0.4, 0.5) is 13.2 Å². The molecule has 0 unspecified atom stereocenters. The summed E-state index contributed by atoms with van der Waals surface area (Å²) in [6.45, 7) is 0.738. The standard InChI is InChI=1S/C12H14F3NO5S/c1-6(5-17)16(2)22(19,20)8-4-7(12(18)21-3)9(13)11(15)10(8)14/h4,6,17H,5H2,1-3H3/t6-/m1/s1. The van der Waals surface area contributed by atoms with Crippen molar-refractivity contribution in [2.45, 2.75) is 17.9 Å². The molecular weight excluding hydrogens is 327 g/mol. The molecule has 0 aliphatic heterocycles. The summed E-state index contributed by atoms with van der Waals surface area (Å²) >= 11 is 0. The molecule has 1 aromatic rings. The number of ether oxygens (including phenoxy) is 1. The van der Waals surface area contributed by atoms with E-state index in [1.807, 2.05) is 0 Å². The molecule has 1 rings (SSSR count). The molecule has 0 saturated carbocycles. The fraction of sp³-hybridized carbons (Fsp3) is 0.417. The highest BCUT2D eigenvalue weighted by atomic mass is 32.2. The highest BCUT2D eigenvalue weighted by molar-refractivity contribution is 7.89. The fourth-order valence-electron chi connectivity index (χ4n) is 1.53. The summed E-state index contributed by atoms with van der Waals surface area (Å²) < 4.78 is 70.1. The summed E-state index contributed by atoms with van der Waals surface area (Å²) in [5.41, 5.74) is -1.05. The van der Waals surface area contributed by atoms with Gasteiger partial charge in [-0.3, -0.25) is 0 Å². The number of aliphatic hydroxyl groups excluding tert-OH is 1. The second-order valence-corrected chi connectivity index (χ2v) is 6.37. The Labute approximate surface area is 125 Å². The third kappa shape index (κ3) is 3.08. The molecule has 0 spiro atoms. The maximum atomic E-state index is 13.8. The van der Waals surface area contributed by atoms with Crippen LogP contribution in [0.5, 0.6) is 0 Å². The number of nitrogens with zero attached hydrogens (tertiary/aromatic N) is 1. The van der Waals surface area contributed by atoms with Crippen molar-refractivity contribution in [3.05, 3.63) is 29.1 Å². The van der Waals surface area contributed by atoms with Gasteiger partial charge in [-0.25, -0.2) is 26.4 Å². The number of hydrogen-bond donors (Lipinski definition) is 1. The smallest absolute Gasteiger partial charge is 0.341 e. The predicted molar refractivity (Wildman–Crippen MR) is 69.2 cm³/mol. The number of carbonyl (C=O) groups excluding carboxylic acids is 1. The summed E-state index contributed by atoms with van der Waals surface area (Å²) in [6, 6.07) is -0.589. The zero-order valence-electron chi connectivity index (χ0n) is 11.9. The minimum Gasteiger partial charge on any atom is -0.465 e. The molecule has 0 aliphatic rings. The highest BCUT2D eigenvalue weighted by Crippen LogP contribution is 2.26. The molecule has 0 heterocycles. The lowest BCUT2D eigenvalue weighted by molar-refractivity contribution is 0.0593. The molecule has 1 aromatic carbocycles. The molecule has 124 valence electrons. The Morgan fingerprint density at radius 3 is 2.32 bits per heavy atom. The van der Waals surface area contributed by atoms with Gasteiger partial charge in [-0.2, -0.15) is 4.31 Å². The minimum atomic E-state index is -4.60. The van der Waals surface area contributed by atoms with Crippen LogP contribution in [0.3, 0.4) is 0 Å². The average molecular weight is 341 g/mol. The first-order valence-corrected chi connectivity index (χ1v) is 7.38.